The Hall–Kier alpha value is -2.68. The number of nitrogens with one attached hydrogen (secondary N) is 1. The summed E-state index contributed by atoms with van der Waals surface area (Å²) in [4.78, 5) is 2.61. The van der Waals surface area contributed by atoms with Crippen LogP contribution >= 0.6 is 12.4 Å². The first-order valence-electron chi connectivity index (χ1n) is 11.7. The zero-order chi connectivity index (χ0) is 22.9. The van der Waals surface area contributed by atoms with Crippen molar-refractivity contribution in [3.63, 3.8) is 0 Å². The van der Waals surface area contributed by atoms with Gasteiger partial charge in [-0.3, -0.25) is 4.90 Å². The molecule has 1 aromatic heterocycles. The molecule has 34 heavy (non-hydrogen) atoms. The number of aromatic nitrogens is 4. The second kappa shape index (κ2) is 10.3. The van der Waals surface area contributed by atoms with Gasteiger partial charge in [-0.15, -0.1) is 17.5 Å². The molecule has 0 aliphatic carbocycles. The quantitative estimate of drug-likeness (QED) is 0.553. The molecule has 3 heterocycles. The summed E-state index contributed by atoms with van der Waals surface area (Å²) in [6, 6.07) is 11.5. The first kappa shape index (κ1) is 24.4. The monoisotopic (exact) mass is 484 g/mol. The van der Waals surface area contributed by atoms with Crippen LogP contribution in [0.5, 0.6) is 11.5 Å². The van der Waals surface area contributed by atoms with E-state index in [1.807, 2.05) is 0 Å². The van der Waals surface area contributed by atoms with Crippen LogP contribution in [0.4, 0.5) is 0 Å². The molecule has 3 aromatic rings. The summed E-state index contributed by atoms with van der Waals surface area (Å²) in [7, 11) is 1.69. The molecule has 0 radical (unpaired) electrons. The van der Waals surface area contributed by atoms with Crippen molar-refractivity contribution in [2.24, 2.45) is 5.73 Å². The van der Waals surface area contributed by atoms with Gasteiger partial charge in [0.25, 0.3) is 0 Å². The third kappa shape index (κ3) is 4.76. The topological polar surface area (TPSA) is 102 Å². The molecular weight excluding hydrogens is 452 g/mol. The van der Waals surface area contributed by atoms with Crippen LogP contribution in [0.1, 0.15) is 52.0 Å². The third-order valence-corrected chi connectivity index (χ3v) is 7.16. The van der Waals surface area contributed by atoms with E-state index in [4.69, 9.17) is 15.2 Å². The Labute approximate surface area is 206 Å². The molecular formula is C25H33ClN6O2. The smallest absolute Gasteiger partial charge is 0.161 e. The summed E-state index contributed by atoms with van der Waals surface area (Å²) >= 11 is 0. The van der Waals surface area contributed by atoms with Gasteiger partial charge in [0, 0.05) is 37.5 Å². The highest BCUT2D eigenvalue weighted by molar-refractivity contribution is 5.85. The van der Waals surface area contributed by atoms with Gasteiger partial charge in [-0.25, -0.2) is 5.10 Å². The van der Waals surface area contributed by atoms with Gasteiger partial charge in [-0.1, -0.05) is 23.8 Å². The number of aromatic amines is 1. The number of H-pyrrole nitrogens is 1. The second-order valence-corrected chi connectivity index (χ2v) is 9.28. The lowest BCUT2D eigenvalue weighted by Crippen LogP contribution is -2.49. The van der Waals surface area contributed by atoms with E-state index in [0.717, 1.165) is 37.4 Å². The molecule has 0 spiro atoms. The lowest BCUT2D eigenvalue weighted by Gasteiger charge is -2.46. The number of piperidine rings is 1. The van der Waals surface area contributed by atoms with Gasteiger partial charge >= 0.3 is 0 Å². The van der Waals surface area contributed by atoms with E-state index in [-0.39, 0.29) is 18.4 Å². The number of nitrogens with two attached hydrogens (primary N) is 1. The number of fused-ring (bicyclic) bond motifs is 3. The van der Waals surface area contributed by atoms with Gasteiger partial charge in [0.1, 0.15) is 0 Å². The van der Waals surface area contributed by atoms with Gasteiger partial charge in [0.2, 0.25) is 0 Å². The number of halogens is 1. The molecule has 0 bridgehead atoms. The number of ether oxygens (including phenoxy) is 2. The average Bonchev–Trinajstić information content (AvgIpc) is 3.33. The molecule has 1 saturated heterocycles. The summed E-state index contributed by atoms with van der Waals surface area (Å²) in [5.41, 5.74) is 13.5. The Kier molecular flexibility index (Phi) is 7.40. The van der Waals surface area contributed by atoms with Crippen LogP contribution in [0.15, 0.2) is 30.3 Å². The SMILES string of the molecule is COc1cc2c(cc1OCCc1nnn[nH]1)CCN1C[C@@H](c3cc(C)ccc3C)[C@H](N)C[C@H]21.Cl. The van der Waals surface area contributed by atoms with Crippen molar-refractivity contribution in [1.29, 1.82) is 0 Å². The van der Waals surface area contributed by atoms with Crippen LogP contribution in [0.25, 0.3) is 0 Å². The minimum Gasteiger partial charge on any atom is -0.493 e. The lowest BCUT2D eigenvalue weighted by molar-refractivity contribution is 0.109. The van der Waals surface area contributed by atoms with Crippen LogP contribution in [-0.4, -0.2) is 58.4 Å². The van der Waals surface area contributed by atoms with Crippen molar-refractivity contribution < 1.29 is 9.47 Å². The van der Waals surface area contributed by atoms with Crippen molar-refractivity contribution in [3.8, 4) is 11.5 Å². The molecule has 5 rings (SSSR count). The number of hydrogen-bond donors (Lipinski definition) is 2. The van der Waals surface area contributed by atoms with Crippen molar-refractivity contribution in [3.05, 3.63) is 64.0 Å². The van der Waals surface area contributed by atoms with Crippen LogP contribution in [0.2, 0.25) is 0 Å². The van der Waals surface area contributed by atoms with Crippen LogP contribution in [0, 0.1) is 13.8 Å². The first-order valence-corrected chi connectivity index (χ1v) is 11.7. The minimum absolute atomic E-state index is 0. The summed E-state index contributed by atoms with van der Waals surface area (Å²) in [5, 5.41) is 13.9. The first-order chi connectivity index (χ1) is 16.0. The maximum atomic E-state index is 6.80. The van der Waals surface area contributed by atoms with Gasteiger partial charge in [0.15, 0.2) is 17.3 Å². The molecule has 8 nitrogen and oxygen atoms in total. The highest BCUT2D eigenvalue weighted by Gasteiger charge is 2.39. The fourth-order valence-electron chi connectivity index (χ4n) is 5.37. The fraction of sp³-hybridized carbons (Fsp3) is 0.480. The number of tetrazole rings is 1. The van der Waals surface area contributed by atoms with Crippen molar-refractivity contribution in [1.82, 2.24) is 25.5 Å². The van der Waals surface area contributed by atoms with Gasteiger partial charge in [0.05, 0.1) is 13.7 Å². The molecule has 3 N–H and O–H groups in total. The highest BCUT2D eigenvalue weighted by Crippen LogP contribution is 2.44. The number of hydrogen-bond acceptors (Lipinski definition) is 7. The molecule has 0 amide bonds. The molecule has 1 fully saturated rings. The summed E-state index contributed by atoms with van der Waals surface area (Å²) in [6.45, 7) is 6.85. The number of nitrogens with zero attached hydrogens (tertiary/aromatic N) is 4. The van der Waals surface area contributed by atoms with Crippen molar-refractivity contribution >= 4 is 12.4 Å². The molecule has 9 heteroatoms. The maximum absolute atomic E-state index is 6.80. The Balaban J connectivity index is 0.00000274. The van der Waals surface area contributed by atoms with Crippen LogP contribution in [-0.2, 0) is 12.8 Å². The molecule has 2 aliphatic rings. The van der Waals surface area contributed by atoms with E-state index in [2.05, 4.69) is 69.7 Å². The predicted molar refractivity (Wildman–Crippen MR) is 133 cm³/mol. The molecule has 182 valence electrons. The molecule has 2 aliphatic heterocycles. The van der Waals surface area contributed by atoms with E-state index in [0.29, 0.717) is 30.8 Å². The highest BCUT2D eigenvalue weighted by atomic mass is 35.5. The van der Waals surface area contributed by atoms with E-state index in [1.165, 1.54) is 27.8 Å². The summed E-state index contributed by atoms with van der Waals surface area (Å²) < 4.78 is 11.7. The number of methoxy groups -OCH3 is 1. The normalized spacial score (nSPS) is 21.8. The van der Waals surface area contributed by atoms with Crippen molar-refractivity contribution in [2.45, 2.75) is 51.1 Å². The Morgan fingerprint density at radius 2 is 2.00 bits per heavy atom. The van der Waals surface area contributed by atoms with Gasteiger partial charge in [-0.05, 0) is 71.5 Å². The molecule has 0 saturated carbocycles. The van der Waals surface area contributed by atoms with Crippen LogP contribution in [0.3, 0.4) is 0 Å². The van der Waals surface area contributed by atoms with Gasteiger partial charge < -0.3 is 15.2 Å². The number of aryl methyl sites for hydroxylation is 2. The summed E-state index contributed by atoms with van der Waals surface area (Å²) in [6.07, 6.45) is 2.54. The standard InChI is InChI=1S/C25H32N6O2.ClH/c1-15-4-5-16(2)18(10-15)20-14-31-8-6-17-11-24(33-9-7-25-27-29-30-28-25)23(32-3)12-19(17)22(31)13-21(20)26;/h4-5,10-12,20-22H,6-9,13-14,26H2,1-3H3,(H,27,28,29,30);1H/t20-,21+,22+;/m0./s1. The van der Waals surface area contributed by atoms with E-state index < -0.39 is 0 Å². The minimum atomic E-state index is 0. The second-order valence-electron chi connectivity index (χ2n) is 9.28. The summed E-state index contributed by atoms with van der Waals surface area (Å²) in [5.74, 6) is 2.59. The maximum Gasteiger partial charge on any atom is 0.161 e. The lowest BCUT2D eigenvalue weighted by atomic mass is 9.77. The Morgan fingerprint density at radius 1 is 1.15 bits per heavy atom. The zero-order valence-electron chi connectivity index (χ0n) is 20.0. The fourth-order valence-corrected chi connectivity index (χ4v) is 5.37. The van der Waals surface area contributed by atoms with E-state index >= 15 is 0 Å². The Morgan fingerprint density at radius 3 is 2.76 bits per heavy atom. The Bertz CT molecular complexity index is 1120. The zero-order valence-corrected chi connectivity index (χ0v) is 20.8. The van der Waals surface area contributed by atoms with Crippen LogP contribution < -0.4 is 15.2 Å². The number of rotatable bonds is 6. The molecule has 3 atom stereocenters. The van der Waals surface area contributed by atoms with Gasteiger partial charge in [-0.2, -0.15) is 0 Å². The van der Waals surface area contributed by atoms with E-state index in [9.17, 15) is 0 Å². The van der Waals surface area contributed by atoms with Crippen molar-refractivity contribution in [2.75, 3.05) is 26.8 Å². The largest absolute Gasteiger partial charge is 0.493 e. The van der Waals surface area contributed by atoms with E-state index in [1.54, 1.807) is 7.11 Å². The molecule has 2 aromatic carbocycles. The average molecular weight is 485 g/mol. The predicted octanol–water partition coefficient (Wildman–Crippen LogP) is 3.28. The molecule has 0 unspecified atom stereocenters. The third-order valence-electron chi connectivity index (χ3n) is 7.16. The number of benzene rings is 2.